The Morgan fingerprint density at radius 1 is 1.19 bits per heavy atom. The van der Waals surface area contributed by atoms with Crippen molar-refractivity contribution in [1.82, 2.24) is 14.4 Å². The van der Waals surface area contributed by atoms with Crippen LogP contribution in [0.3, 0.4) is 0 Å². The van der Waals surface area contributed by atoms with Crippen molar-refractivity contribution in [2.24, 2.45) is 0 Å². The monoisotopic (exact) mass is 285 g/mol. The van der Waals surface area contributed by atoms with Gasteiger partial charge in [-0.25, -0.2) is 13.8 Å². The number of imidazole rings is 1. The molecule has 0 saturated heterocycles. The van der Waals surface area contributed by atoms with Crippen molar-refractivity contribution in [3.63, 3.8) is 0 Å². The fraction of sp³-hybridized carbons (Fsp3) is 0.250. The molecule has 3 aromatic rings. The highest BCUT2D eigenvalue weighted by Gasteiger charge is 2.31. The molecule has 106 valence electrons. The summed E-state index contributed by atoms with van der Waals surface area (Å²) in [7, 11) is 0. The molecule has 0 aromatic carbocycles. The Balaban J connectivity index is 2.04. The van der Waals surface area contributed by atoms with Gasteiger partial charge in [0.1, 0.15) is 17.3 Å². The van der Waals surface area contributed by atoms with E-state index in [0.717, 1.165) is 18.5 Å². The van der Waals surface area contributed by atoms with Gasteiger partial charge < -0.3 is 4.40 Å². The number of hydrogen-bond acceptors (Lipinski definition) is 2. The average molecular weight is 285 g/mol. The van der Waals surface area contributed by atoms with Crippen LogP contribution in [0.4, 0.5) is 8.78 Å². The lowest BCUT2D eigenvalue weighted by Gasteiger charge is -2.06. The molecular formula is C16H13F2N3. The minimum atomic E-state index is -0.350. The summed E-state index contributed by atoms with van der Waals surface area (Å²) in [5, 5.41) is 0. The van der Waals surface area contributed by atoms with Crippen LogP contribution in [0.15, 0.2) is 30.7 Å². The summed E-state index contributed by atoms with van der Waals surface area (Å²) in [6, 6.07) is 3.03. The molecule has 4 rings (SSSR count). The molecule has 21 heavy (non-hydrogen) atoms. The van der Waals surface area contributed by atoms with Crippen molar-refractivity contribution >= 4 is 5.65 Å². The lowest BCUT2D eigenvalue weighted by Crippen LogP contribution is -1.96. The molecule has 1 fully saturated rings. The van der Waals surface area contributed by atoms with Gasteiger partial charge in [-0.2, -0.15) is 0 Å². The van der Waals surface area contributed by atoms with E-state index in [1.165, 1.54) is 18.5 Å². The highest BCUT2D eigenvalue weighted by Crippen LogP contribution is 2.45. The van der Waals surface area contributed by atoms with Crippen LogP contribution in [0.1, 0.15) is 30.0 Å². The molecule has 0 radical (unpaired) electrons. The van der Waals surface area contributed by atoms with Crippen molar-refractivity contribution in [1.29, 1.82) is 0 Å². The Hall–Kier alpha value is -2.30. The largest absolute Gasteiger partial charge is 0.300 e. The fourth-order valence-electron chi connectivity index (χ4n) is 2.72. The standard InChI is InChI=1S/C16H13F2N3/c1-9-12(6-19-7-13(9)18)15-16(10-2-3-10)21-8-11(17)4-5-14(21)20-15/h4-8,10H,2-3H2,1H3. The van der Waals surface area contributed by atoms with E-state index in [-0.39, 0.29) is 11.6 Å². The van der Waals surface area contributed by atoms with E-state index in [0.29, 0.717) is 28.4 Å². The molecule has 0 unspecified atom stereocenters. The number of hydrogen-bond donors (Lipinski definition) is 0. The van der Waals surface area contributed by atoms with Gasteiger partial charge >= 0.3 is 0 Å². The van der Waals surface area contributed by atoms with E-state index < -0.39 is 0 Å². The predicted molar refractivity (Wildman–Crippen MR) is 75.1 cm³/mol. The van der Waals surface area contributed by atoms with E-state index in [1.807, 2.05) is 0 Å². The quantitative estimate of drug-likeness (QED) is 0.715. The molecule has 0 spiro atoms. The molecule has 0 bridgehead atoms. The van der Waals surface area contributed by atoms with Crippen LogP contribution in [0.25, 0.3) is 16.9 Å². The van der Waals surface area contributed by atoms with Crippen LogP contribution in [-0.2, 0) is 0 Å². The smallest absolute Gasteiger partial charge is 0.145 e. The first-order valence-corrected chi connectivity index (χ1v) is 6.93. The first kappa shape index (κ1) is 12.4. The van der Waals surface area contributed by atoms with Crippen molar-refractivity contribution in [2.75, 3.05) is 0 Å². The van der Waals surface area contributed by atoms with Crippen LogP contribution in [0, 0.1) is 18.6 Å². The number of halogens is 2. The number of fused-ring (bicyclic) bond motifs is 1. The summed E-state index contributed by atoms with van der Waals surface area (Å²) in [5.74, 6) is -0.292. The van der Waals surface area contributed by atoms with Gasteiger partial charge in [0.2, 0.25) is 0 Å². The summed E-state index contributed by atoms with van der Waals surface area (Å²) in [5.41, 5.74) is 3.56. The summed E-state index contributed by atoms with van der Waals surface area (Å²) in [4.78, 5) is 8.51. The lowest BCUT2D eigenvalue weighted by molar-refractivity contribution is 0.612. The Bertz CT molecular complexity index is 850. The van der Waals surface area contributed by atoms with E-state index >= 15 is 0 Å². The summed E-state index contributed by atoms with van der Waals surface area (Å²) in [6.45, 7) is 1.72. The van der Waals surface area contributed by atoms with Gasteiger partial charge in [-0.15, -0.1) is 0 Å². The summed E-state index contributed by atoms with van der Waals surface area (Å²) >= 11 is 0. The van der Waals surface area contributed by atoms with Crippen LogP contribution in [-0.4, -0.2) is 14.4 Å². The van der Waals surface area contributed by atoms with Gasteiger partial charge in [0.15, 0.2) is 0 Å². The molecule has 0 atom stereocenters. The first-order valence-electron chi connectivity index (χ1n) is 6.93. The summed E-state index contributed by atoms with van der Waals surface area (Å²) < 4.78 is 29.1. The van der Waals surface area contributed by atoms with E-state index in [4.69, 9.17) is 0 Å². The third-order valence-corrected chi connectivity index (χ3v) is 3.99. The number of rotatable bonds is 2. The van der Waals surface area contributed by atoms with Crippen LogP contribution in [0.2, 0.25) is 0 Å². The van der Waals surface area contributed by atoms with E-state index in [2.05, 4.69) is 9.97 Å². The second kappa shape index (κ2) is 4.35. The van der Waals surface area contributed by atoms with Crippen LogP contribution in [0.5, 0.6) is 0 Å². The summed E-state index contributed by atoms with van der Waals surface area (Å²) in [6.07, 6.45) is 6.38. The van der Waals surface area contributed by atoms with Gasteiger partial charge in [-0.1, -0.05) is 0 Å². The second-order valence-corrected chi connectivity index (χ2v) is 5.49. The van der Waals surface area contributed by atoms with Crippen molar-refractivity contribution in [2.45, 2.75) is 25.7 Å². The minimum absolute atomic E-state index is 0.303. The molecule has 0 amide bonds. The maximum atomic E-state index is 13.8. The Morgan fingerprint density at radius 3 is 2.76 bits per heavy atom. The second-order valence-electron chi connectivity index (χ2n) is 5.49. The zero-order valence-electron chi connectivity index (χ0n) is 11.5. The van der Waals surface area contributed by atoms with Crippen LogP contribution >= 0.6 is 0 Å². The molecule has 0 aliphatic heterocycles. The Labute approximate surface area is 120 Å². The maximum absolute atomic E-state index is 13.8. The van der Waals surface area contributed by atoms with E-state index in [1.54, 1.807) is 23.6 Å². The molecule has 1 saturated carbocycles. The van der Waals surface area contributed by atoms with Gasteiger partial charge in [0, 0.05) is 23.9 Å². The Morgan fingerprint density at radius 2 is 2.00 bits per heavy atom. The fourth-order valence-corrected chi connectivity index (χ4v) is 2.72. The molecule has 1 aliphatic carbocycles. The van der Waals surface area contributed by atoms with Gasteiger partial charge in [0.25, 0.3) is 0 Å². The van der Waals surface area contributed by atoms with Gasteiger partial charge in [-0.05, 0) is 37.5 Å². The third kappa shape index (κ3) is 1.92. The van der Waals surface area contributed by atoms with Crippen molar-refractivity contribution in [3.05, 3.63) is 53.6 Å². The normalized spacial score (nSPS) is 14.8. The number of pyridine rings is 2. The third-order valence-electron chi connectivity index (χ3n) is 3.99. The van der Waals surface area contributed by atoms with Crippen molar-refractivity contribution in [3.8, 4) is 11.3 Å². The first-order chi connectivity index (χ1) is 10.1. The highest BCUT2D eigenvalue weighted by atomic mass is 19.1. The molecule has 5 heteroatoms. The molecule has 1 aliphatic rings. The van der Waals surface area contributed by atoms with Gasteiger partial charge in [0.05, 0.1) is 17.6 Å². The molecule has 0 N–H and O–H groups in total. The average Bonchev–Trinajstić information content (AvgIpc) is 3.23. The van der Waals surface area contributed by atoms with Crippen molar-refractivity contribution < 1.29 is 8.78 Å². The minimum Gasteiger partial charge on any atom is -0.300 e. The maximum Gasteiger partial charge on any atom is 0.145 e. The zero-order valence-corrected chi connectivity index (χ0v) is 11.5. The SMILES string of the molecule is Cc1c(F)cncc1-c1nc2ccc(F)cn2c1C1CC1. The lowest BCUT2D eigenvalue weighted by atomic mass is 10.0. The highest BCUT2D eigenvalue weighted by molar-refractivity contribution is 5.70. The molecular weight excluding hydrogens is 272 g/mol. The molecule has 3 heterocycles. The Kier molecular flexibility index (Phi) is 2.58. The zero-order chi connectivity index (χ0) is 14.6. The van der Waals surface area contributed by atoms with E-state index in [9.17, 15) is 8.78 Å². The van der Waals surface area contributed by atoms with Gasteiger partial charge in [-0.3, -0.25) is 4.98 Å². The van der Waals surface area contributed by atoms with Crippen LogP contribution < -0.4 is 0 Å². The topological polar surface area (TPSA) is 30.2 Å². The number of aromatic nitrogens is 3. The number of nitrogens with zero attached hydrogens (tertiary/aromatic N) is 3. The molecule has 3 nitrogen and oxygen atoms in total. The molecule has 3 aromatic heterocycles. The predicted octanol–water partition coefficient (Wildman–Crippen LogP) is 3.86.